The minimum Gasteiger partial charge on any atom is -0.315 e. The first-order chi connectivity index (χ1) is 10.8. The van der Waals surface area contributed by atoms with Gasteiger partial charge in [0.15, 0.2) is 5.12 Å². The molecule has 0 bridgehead atoms. The molecular weight excluding hydrogens is 351 g/mol. The van der Waals surface area contributed by atoms with Gasteiger partial charge in [-0.25, -0.2) is 0 Å². The molecule has 0 radical (unpaired) electrons. The fraction of sp³-hybridized carbons (Fsp3) is 0.200. The molecule has 1 aromatic carbocycles. The molecule has 0 unspecified atom stereocenters. The highest BCUT2D eigenvalue weighted by Crippen LogP contribution is 2.26. The molecule has 1 heterocycles. The van der Waals surface area contributed by atoms with E-state index in [-0.39, 0.29) is 18.1 Å². The average molecular weight is 362 g/mol. The molecule has 2 rings (SSSR count). The van der Waals surface area contributed by atoms with E-state index in [1.54, 1.807) is 24.3 Å². The van der Waals surface area contributed by atoms with Crippen LogP contribution >= 0.6 is 23.4 Å². The lowest BCUT2D eigenvalue weighted by atomic mass is 10.2. The Morgan fingerprint density at radius 3 is 2.43 bits per heavy atom. The van der Waals surface area contributed by atoms with Crippen molar-refractivity contribution in [3.05, 3.63) is 63.5 Å². The van der Waals surface area contributed by atoms with Gasteiger partial charge in [-0.3, -0.25) is 9.59 Å². The Morgan fingerprint density at radius 1 is 1.17 bits per heavy atom. The fourth-order valence-electron chi connectivity index (χ4n) is 1.83. The van der Waals surface area contributed by atoms with Crippen molar-refractivity contribution in [2.45, 2.75) is 24.0 Å². The molecule has 0 aliphatic rings. The molecule has 0 saturated heterocycles. The molecule has 0 fully saturated rings. The third kappa shape index (κ3) is 4.87. The summed E-state index contributed by atoms with van der Waals surface area (Å²) in [7, 11) is 0. The highest BCUT2D eigenvalue weighted by atomic mass is 35.5. The number of pyridine rings is 1. The van der Waals surface area contributed by atoms with E-state index in [1.165, 1.54) is 6.20 Å². The van der Waals surface area contributed by atoms with Crippen molar-refractivity contribution < 1.29 is 18.0 Å². The third-order valence-electron chi connectivity index (χ3n) is 2.93. The van der Waals surface area contributed by atoms with Crippen molar-refractivity contribution in [1.29, 1.82) is 0 Å². The lowest BCUT2D eigenvalue weighted by Gasteiger charge is -2.09. The van der Waals surface area contributed by atoms with Crippen molar-refractivity contribution in [2.75, 3.05) is 0 Å². The molecule has 23 heavy (non-hydrogen) atoms. The minimum atomic E-state index is -4.71. The van der Waals surface area contributed by atoms with Crippen LogP contribution in [0.15, 0.2) is 52.3 Å². The van der Waals surface area contributed by atoms with Crippen LogP contribution in [0.25, 0.3) is 0 Å². The van der Waals surface area contributed by atoms with E-state index in [2.05, 4.69) is 0 Å². The van der Waals surface area contributed by atoms with Crippen molar-refractivity contribution in [3.8, 4) is 0 Å². The van der Waals surface area contributed by atoms with Crippen LogP contribution in [0.2, 0.25) is 5.02 Å². The molecule has 0 amide bonds. The second kappa shape index (κ2) is 7.23. The Hall–Kier alpha value is -1.73. The van der Waals surface area contributed by atoms with E-state index < -0.39 is 17.3 Å². The van der Waals surface area contributed by atoms with E-state index in [0.717, 1.165) is 28.5 Å². The van der Waals surface area contributed by atoms with Gasteiger partial charge in [-0.05, 0) is 36.4 Å². The second-order valence-corrected chi connectivity index (χ2v) is 6.16. The monoisotopic (exact) mass is 361 g/mol. The highest BCUT2D eigenvalue weighted by molar-refractivity contribution is 8.13. The summed E-state index contributed by atoms with van der Waals surface area (Å²) in [4.78, 5) is 24.3. The molecule has 0 aliphatic carbocycles. The van der Waals surface area contributed by atoms with Gasteiger partial charge in [0.25, 0.3) is 5.56 Å². The number of aryl methyl sites for hydroxylation is 1. The van der Waals surface area contributed by atoms with Gasteiger partial charge in [0.05, 0.1) is 0 Å². The van der Waals surface area contributed by atoms with Crippen LogP contribution in [0.5, 0.6) is 0 Å². The fourth-order valence-corrected chi connectivity index (χ4v) is 2.68. The molecule has 0 N–H and O–H groups in total. The van der Waals surface area contributed by atoms with Gasteiger partial charge in [-0.15, -0.1) is 0 Å². The number of halogens is 4. The maximum Gasteiger partial charge on any atom is 0.421 e. The van der Waals surface area contributed by atoms with Crippen LogP contribution in [-0.2, 0) is 17.5 Å². The van der Waals surface area contributed by atoms with Gasteiger partial charge in [0, 0.05) is 29.1 Å². The number of aromatic nitrogens is 1. The predicted octanol–water partition coefficient (Wildman–Crippen LogP) is 4.23. The summed E-state index contributed by atoms with van der Waals surface area (Å²) >= 11 is 6.69. The lowest BCUT2D eigenvalue weighted by molar-refractivity contribution is -0.138. The number of nitrogens with zero attached hydrogens (tertiary/aromatic N) is 1. The number of alkyl halides is 3. The lowest BCUT2D eigenvalue weighted by Crippen LogP contribution is -2.28. The normalized spacial score (nSPS) is 11.5. The van der Waals surface area contributed by atoms with E-state index >= 15 is 0 Å². The number of thioether (sulfide) groups is 1. The Labute approximate surface area is 139 Å². The maximum atomic E-state index is 12.7. The molecule has 2 aromatic rings. The smallest absolute Gasteiger partial charge is 0.315 e. The molecule has 122 valence electrons. The van der Waals surface area contributed by atoms with Gasteiger partial charge < -0.3 is 4.57 Å². The van der Waals surface area contributed by atoms with Crippen LogP contribution in [-0.4, -0.2) is 9.68 Å². The maximum absolute atomic E-state index is 12.7. The van der Waals surface area contributed by atoms with Crippen molar-refractivity contribution in [3.63, 3.8) is 0 Å². The van der Waals surface area contributed by atoms with E-state index in [1.807, 2.05) is 0 Å². The van der Waals surface area contributed by atoms with Crippen LogP contribution in [0.3, 0.4) is 0 Å². The zero-order valence-corrected chi connectivity index (χ0v) is 13.2. The summed E-state index contributed by atoms with van der Waals surface area (Å²) in [5, 5.41) is 0.286. The molecule has 0 atom stereocenters. The number of carbonyl (C=O) groups is 1. The van der Waals surface area contributed by atoms with Crippen LogP contribution in [0, 0.1) is 0 Å². The summed E-state index contributed by atoms with van der Waals surface area (Å²) in [5.74, 6) is 0. The Balaban J connectivity index is 2.02. The highest BCUT2D eigenvalue weighted by Gasteiger charge is 2.34. The molecule has 8 heteroatoms. The summed E-state index contributed by atoms with van der Waals surface area (Å²) in [5.41, 5.74) is -2.39. The van der Waals surface area contributed by atoms with Crippen LogP contribution in [0.4, 0.5) is 13.2 Å². The van der Waals surface area contributed by atoms with E-state index in [0.29, 0.717) is 9.92 Å². The molecule has 3 nitrogen and oxygen atoms in total. The van der Waals surface area contributed by atoms with Gasteiger partial charge in [0.1, 0.15) is 5.56 Å². The predicted molar refractivity (Wildman–Crippen MR) is 82.6 cm³/mol. The third-order valence-corrected chi connectivity index (χ3v) is 4.12. The summed E-state index contributed by atoms with van der Waals surface area (Å²) in [6, 6.07) is 8.47. The van der Waals surface area contributed by atoms with Gasteiger partial charge >= 0.3 is 6.18 Å². The van der Waals surface area contributed by atoms with Crippen molar-refractivity contribution in [1.82, 2.24) is 4.57 Å². The Morgan fingerprint density at radius 2 is 1.83 bits per heavy atom. The topological polar surface area (TPSA) is 39.1 Å². The van der Waals surface area contributed by atoms with E-state index in [9.17, 15) is 22.8 Å². The molecular formula is C15H11ClF3NO2S. The van der Waals surface area contributed by atoms with Gasteiger partial charge in [-0.2, -0.15) is 13.2 Å². The molecule has 0 saturated carbocycles. The number of rotatable bonds is 4. The quantitative estimate of drug-likeness (QED) is 0.765. The van der Waals surface area contributed by atoms with Crippen molar-refractivity contribution in [2.24, 2.45) is 0 Å². The first-order valence-corrected chi connectivity index (χ1v) is 7.70. The first-order valence-electron chi connectivity index (χ1n) is 6.50. The standard InChI is InChI=1S/C15H11ClF3NO2S/c16-10-3-5-11(6-4-10)23-13(21)7-9-20-8-1-2-12(14(20)22)15(17,18)19/h1-6,8H,7,9H2. The number of hydrogen-bond acceptors (Lipinski definition) is 3. The van der Waals surface area contributed by atoms with Crippen molar-refractivity contribution >= 4 is 28.5 Å². The summed E-state index contributed by atoms with van der Waals surface area (Å²) < 4.78 is 38.8. The summed E-state index contributed by atoms with van der Waals surface area (Å²) in [6.45, 7) is -0.109. The number of carbonyl (C=O) groups excluding carboxylic acids is 1. The van der Waals surface area contributed by atoms with Crippen LogP contribution < -0.4 is 5.56 Å². The number of benzene rings is 1. The second-order valence-electron chi connectivity index (χ2n) is 4.60. The number of hydrogen-bond donors (Lipinski definition) is 0. The Kier molecular flexibility index (Phi) is 5.54. The largest absolute Gasteiger partial charge is 0.421 e. The molecule has 1 aromatic heterocycles. The first kappa shape index (κ1) is 17.6. The van der Waals surface area contributed by atoms with Gasteiger partial charge in [0.2, 0.25) is 0 Å². The average Bonchev–Trinajstić information content (AvgIpc) is 2.47. The molecule has 0 aliphatic heterocycles. The van der Waals surface area contributed by atoms with Crippen LogP contribution in [0.1, 0.15) is 12.0 Å². The SMILES string of the molecule is O=C(CCn1cccc(C(F)(F)F)c1=O)Sc1ccc(Cl)cc1. The Bertz CT molecular complexity index is 757. The van der Waals surface area contributed by atoms with Gasteiger partial charge in [-0.1, -0.05) is 23.4 Å². The van der Waals surface area contributed by atoms with E-state index in [4.69, 9.17) is 11.6 Å². The summed E-state index contributed by atoms with van der Waals surface area (Å²) in [6.07, 6.45) is -3.53. The minimum absolute atomic E-state index is 0.0610. The zero-order valence-electron chi connectivity index (χ0n) is 11.6. The molecule has 0 spiro atoms. The zero-order chi connectivity index (χ0) is 17.0.